The SMILES string of the molecule is CC1(C)C2=C(c3cccc4c3B2c2ccc(-n3c5ccccc5c5ccccc53)cc2N4c2ccccc2)c2ccc3ccccc3c21. The van der Waals surface area contributed by atoms with Crippen LogP contribution in [-0.2, 0) is 5.41 Å². The van der Waals surface area contributed by atoms with Crippen molar-refractivity contribution in [3.8, 4) is 5.69 Å². The highest BCUT2D eigenvalue weighted by molar-refractivity contribution is 6.97. The quantitative estimate of drug-likeness (QED) is 0.177. The van der Waals surface area contributed by atoms with Gasteiger partial charge in [0.15, 0.2) is 0 Å². The molecule has 224 valence electrons. The molecular weight excluding hydrogens is 579 g/mol. The van der Waals surface area contributed by atoms with Crippen LogP contribution in [0.25, 0.3) is 43.8 Å². The fourth-order valence-electron chi connectivity index (χ4n) is 9.56. The summed E-state index contributed by atoms with van der Waals surface area (Å²) >= 11 is 0. The topological polar surface area (TPSA) is 8.17 Å². The Morgan fingerprint density at radius 1 is 0.521 bits per heavy atom. The van der Waals surface area contributed by atoms with Gasteiger partial charge in [0.2, 0.25) is 6.71 Å². The highest BCUT2D eigenvalue weighted by Crippen LogP contribution is 2.56. The van der Waals surface area contributed by atoms with E-state index in [9.17, 15) is 0 Å². The molecule has 0 radical (unpaired) electrons. The summed E-state index contributed by atoms with van der Waals surface area (Å²) in [6, 6.07) is 56.4. The van der Waals surface area contributed by atoms with Crippen LogP contribution in [0.3, 0.4) is 0 Å². The predicted molar refractivity (Wildman–Crippen MR) is 203 cm³/mol. The number of benzene rings is 7. The van der Waals surface area contributed by atoms with Gasteiger partial charge in [-0.1, -0.05) is 129 Å². The summed E-state index contributed by atoms with van der Waals surface area (Å²) in [7, 11) is 0. The molecule has 1 aromatic heterocycles. The van der Waals surface area contributed by atoms with E-state index in [2.05, 4.69) is 175 Å². The number of nitrogens with zero attached hydrogens (tertiary/aromatic N) is 2. The van der Waals surface area contributed by atoms with Crippen LogP contribution in [0.2, 0.25) is 0 Å². The summed E-state index contributed by atoms with van der Waals surface area (Å²) in [5, 5.41) is 5.25. The van der Waals surface area contributed by atoms with Gasteiger partial charge >= 0.3 is 0 Å². The molecule has 7 aromatic carbocycles. The van der Waals surface area contributed by atoms with Crippen LogP contribution in [0.4, 0.5) is 17.1 Å². The number of hydrogen-bond donors (Lipinski definition) is 0. The Hall–Kier alpha value is -5.80. The Balaban J connectivity index is 1.22. The van der Waals surface area contributed by atoms with Gasteiger partial charge in [-0.2, -0.15) is 0 Å². The van der Waals surface area contributed by atoms with E-state index >= 15 is 0 Å². The van der Waals surface area contributed by atoms with Gasteiger partial charge < -0.3 is 9.47 Å². The van der Waals surface area contributed by atoms with Gasteiger partial charge in [-0.3, -0.25) is 0 Å². The van der Waals surface area contributed by atoms with E-state index in [-0.39, 0.29) is 12.1 Å². The fraction of sp³-hybridized carbons (Fsp3) is 0.0667. The normalized spacial score (nSPS) is 15.3. The number of aromatic nitrogens is 1. The average molecular weight is 611 g/mol. The minimum Gasteiger partial charge on any atom is -0.311 e. The van der Waals surface area contributed by atoms with Crippen molar-refractivity contribution in [3.05, 3.63) is 174 Å². The zero-order valence-electron chi connectivity index (χ0n) is 26.9. The second-order valence-electron chi connectivity index (χ2n) is 14.1. The minimum atomic E-state index is -0.135. The summed E-state index contributed by atoms with van der Waals surface area (Å²) in [6.07, 6.45) is 0. The van der Waals surface area contributed by atoms with Crippen LogP contribution < -0.4 is 15.8 Å². The molecule has 0 bridgehead atoms. The first-order valence-corrected chi connectivity index (χ1v) is 17.0. The third kappa shape index (κ3) is 3.19. The molecule has 3 heterocycles. The fourth-order valence-corrected chi connectivity index (χ4v) is 9.56. The largest absolute Gasteiger partial charge is 0.311 e. The van der Waals surface area contributed by atoms with Crippen molar-refractivity contribution in [1.29, 1.82) is 0 Å². The lowest BCUT2D eigenvalue weighted by molar-refractivity contribution is 0.673. The standard InChI is InChI=1S/C45H31BN2/c1-45(2)42-31-16-7-6-13-28(31)23-25-34(42)41-35-19-12-22-39-43(35)46(44(41)45)36-26-24-30(27-40(36)47(39)29-14-4-3-5-15-29)48-37-20-10-8-17-32(37)33-18-9-11-21-38(33)48/h3-27H,1-2H3. The molecule has 0 atom stereocenters. The van der Waals surface area contributed by atoms with E-state index in [1.54, 1.807) is 0 Å². The van der Waals surface area contributed by atoms with E-state index in [0.717, 1.165) is 0 Å². The molecule has 2 aliphatic heterocycles. The van der Waals surface area contributed by atoms with Gasteiger partial charge in [-0.15, -0.1) is 0 Å². The molecule has 0 amide bonds. The van der Waals surface area contributed by atoms with Crippen LogP contribution in [0.5, 0.6) is 0 Å². The zero-order valence-corrected chi connectivity index (χ0v) is 26.9. The molecule has 11 rings (SSSR count). The Morgan fingerprint density at radius 3 is 1.98 bits per heavy atom. The molecular formula is C45H31BN2. The third-order valence-corrected chi connectivity index (χ3v) is 11.4. The summed E-state index contributed by atoms with van der Waals surface area (Å²) in [4.78, 5) is 2.51. The van der Waals surface area contributed by atoms with E-state index < -0.39 is 0 Å². The minimum absolute atomic E-state index is 0.135. The monoisotopic (exact) mass is 610 g/mol. The Bertz CT molecular complexity index is 2660. The Kier molecular flexibility index (Phi) is 5.03. The molecule has 0 unspecified atom stereocenters. The molecule has 8 aromatic rings. The summed E-state index contributed by atoms with van der Waals surface area (Å²) in [5.41, 5.74) is 17.3. The van der Waals surface area contributed by atoms with Crippen LogP contribution in [0.1, 0.15) is 30.5 Å². The maximum Gasteiger partial charge on any atom is 0.244 e. The number of fused-ring (bicyclic) bond motifs is 11. The molecule has 0 fully saturated rings. The highest BCUT2D eigenvalue weighted by atomic mass is 15.2. The second-order valence-corrected chi connectivity index (χ2v) is 14.1. The molecule has 2 nitrogen and oxygen atoms in total. The smallest absolute Gasteiger partial charge is 0.244 e. The maximum atomic E-state index is 2.51. The van der Waals surface area contributed by atoms with Gasteiger partial charge in [0.25, 0.3) is 0 Å². The number of para-hydroxylation sites is 3. The van der Waals surface area contributed by atoms with Gasteiger partial charge in [-0.05, 0) is 86.4 Å². The van der Waals surface area contributed by atoms with Crippen molar-refractivity contribution in [2.45, 2.75) is 19.3 Å². The number of allylic oxidation sites excluding steroid dienone is 1. The molecule has 1 aliphatic carbocycles. The van der Waals surface area contributed by atoms with Gasteiger partial charge in [-0.25, -0.2) is 0 Å². The van der Waals surface area contributed by atoms with Crippen molar-refractivity contribution >= 4 is 72.9 Å². The van der Waals surface area contributed by atoms with Crippen molar-refractivity contribution < 1.29 is 0 Å². The summed E-state index contributed by atoms with van der Waals surface area (Å²) < 4.78 is 2.45. The predicted octanol–water partition coefficient (Wildman–Crippen LogP) is 9.97. The van der Waals surface area contributed by atoms with Crippen LogP contribution in [-0.4, -0.2) is 11.3 Å². The maximum absolute atomic E-state index is 2.51. The zero-order chi connectivity index (χ0) is 31.7. The molecule has 0 saturated carbocycles. The summed E-state index contributed by atoms with van der Waals surface area (Å²) in [6.45, 7) is 5.10. The van der Waals surface area contributed by atoms with E-state index in [1.807, 2.05) is 0 Å². The summed E-state index contributed by atoms with van der Waals surface area (Å²) in [5.74, 6) is 0. The number of anilines is 3. The third-order valence-electron chi connectivity index (χ3n) is 11.4. The van der Waals surface area contributed by atoms with E-state index in [0.29, 0.717) is 0 Å². The molecule has 0 spiro atoms. The van der Waals surface area contributed by atoms with Crippen molar-refractivity contribution in [1.82, 2.24) is 4.57 Å². The van der Waals surface area contributed by atoms with Crippen molar-refractivity contribution in [2.75, 3.05) is 4.90 Å². The van der Waals surface area contributed by atoms with Gasteiger partial charge in [0.1, 0.15) is 0 Å². The lowest BCUT2D eigenvalue weighted by Crippen LogP contribution is -2.52. The lowest BCUT2D eigenvalue weighted by atomic mass is 9.33. The van der Waals surface area contributed by atoms with E-state index in [1.165, 1.54) is 94.0 Å². The molecule has 48 heavy (non-hydrogen) atoms. The van der Waals surface area contributed by atoms with Crippen LogP contribution in [0.15, 0.2) is 157 Å². The van der Waals surface area contributed by atoms with Gasteiger partial charge in [0.05, 0.1) is 11.0 Å². The lowest BCUT2D eigenvalue weighted by Gasteiger charge is -2.39. The van der Waals surface area contributed by atoms with E-state index in [4.69, 9.17) is 0 Å². The first kappa shape index (κ1) is 26.3. The van der Waals surface area contributed by atoms with Crippen molar-refractivity contribution in [3.63, 3.8) is 0 Å². The van der Waals surface area contributed by atoms with Crippen LogP contribution >= 0.6 is 0 Å². The van der Waals surface area contributed by atoms with Crippen molar-refractivity contribution in [2.24, 2.45) is 0 Å². The second kappa shape index (κ2) is 9.17. The average Bonchev–Trinajstić information content (AvgIpc) is 3.74. The Labute approximate surface area is 280 Å². The molecule has 0 N–H and O–H groups in total. The Morgan fingerprint density at radius 2 is 1.21 bits per heavy atom. The number of hydrogen-bond acceptors (Lipinski definition) is 1. The highest BCUT2D eigenvalue weighted by Gasteiger charge is 2.53. The number of rotatable bonds is 2. The molecule has 0 saturated heterocycles. The van der Waals surface area contributed by atoms with Crippen LogP contribution in [0, 0.1) is 0 Å². The molecule has 3 aliphatic rings. The first-order chi connectivity index (χ1) is 23.6. The molecule has 3 heteroatoms. The van der Waals surface area contributed by atoms with Gasteiger partial charge in [0, 0.05) is 38.9 Å². The first-order valence-electron chi connectivity index (χ1n) is 17.0.